The molecule has 0 bridgehead atoms. The topological polar surface area (TPSA) is 38.7 Å². The second kappa shape index (κ2) is 7.34. The van der Waals surface area contributed by atoms with Crippen molar-refractivity contribution in [2.24, 2.45) is 5.92 Å². The maximum atomic E-state index is 9.65. The first-order valence-corrected chi connectivity index (χ1v) is 7.23. The van der Waals surface area contributed by atoms with Gasteiger partial charge < -0.3 is 14.6 Å². The largest absolute Gasteiger partial charge is 0.391 e. The van der Waals surface area contributed by atoms with E-state index in [0.29, 0.717) is 25.4 Å². The van der Waals surface area contributed by atoms with Crippen LogP contribution in [-0.4, -0.2) is 30.7 Å². The summed E-state index contributed by atoms with van der Waals surface area (Å²) < 4.78 is 11.1. The third-order valence-electron chi connectivity index (χ3n) is 4.14. The van der Waals surface area contributed by atoms with Gasteiger partial charge in [-0.2, -0.15) is 0 Å². The molecule has 1 saturated heterocycles. The molecule has 3 heteroatoms. The van der Waals surface area contributed by atoms with Crippen LogP contribution in [0.2, 0.25) is 0 Å². The Morgan fingerprint density at radius 2 is 1.53 bits per heavy atom. The predicted octanol–water partition coefficient (Wildman–Crippen LogP) is 2.86. The van der Waals surface area contributed by atoms with Crippen LogP contribution in [0.25, 0.3) is 0 Å². The molecule has 3 nitrogen and oxygen atoms in total. The van der Waals surface area contributed by atoms with Crippen molar-refractivity contribution in [1.82, 2.24) is 0 Å². The quantitative estimate of drug-likeness (QED) is 0.768. The van der Waals surface area contributed by atoms with E-state index in [4.69, 9.17) is 9.47 Å². The molecule has 17 heavy (non-hydrogen) atoms. The summed E-state index contributed by atoms with van der Waals surface area (Å²) in [4.78, 5) is 0. The Kier molecular flexibility index (Phi) is 5.75. The predicted molar refractivity (Wildman–Crippen MR) is 66.7 cm³/mol. The molecular formula is C14H26O3. The molecule has 2 atom stereocenters. The molecule has 0 aromatic rings. The molecule has 1 aliphatic carbocycles. The second-order valence-corrected chi connectivity index (χ2v) is 5.53. The van der Waals surface area contributed by atoms with Crippen molar-refractivity contribution in [3.8, 4) is 0 Å². The summed E-state index contributed by atoms with van der Waals surface area (Å²) >= 11 is 0. The van der Waals surface area contributed by atoms with Crippen molar-refractivity contribution in [2.75, 3.05) is 13.4 Å². The maximum absolute atomic E-state index is 9.65. The lowest BCUT2D eigenvalue weighted by atomic mass is 9.85. The highest BCUT2D eigenvalue weighted by molar-refractivity contribution is 4.75. The molecule has 1 saturated carbocycles. The van der Waals surface area contributed by atoms with Gasteiger partial charge in [-0.3, -0.25) is 0 Å². The SMILES string of the molecule is OC1CCC(C2CCCCCCC2)OCOC1. The van der Waals surface area contributed by atoms with Gasteiger partial charge in [-0.1, -0.05) is 32.1 Å². The Morgan fingerprint density at radius 3 is 2.29 bits per heavy atom. The number of ether oxygens (including phenoxy) is 2. The first kappa shape index (κ1) is 13.3. The van der Waals surface area contributed by atoms with E-state index in [1.54, 1.807) is 0 Å². The zero-order chi connectivity index (χ0) is 11.9. The van der Waals surface area contributed by atoms with Crippen LogP contribution in [0.5, 0.6) is 0 Å². The fourth-order valence-corrected chi connectivity index (χ4v) is 3.07. The Labute approximate surface area is 104 Å². The van der Waals surface area contributed by atoms with E-state index in [1.807, 2.05) is 0 Å². The van der Waals surface area contributed by atoms with Gasteiger partial charge >= 0.3 is 0 Å². The van der Waals surface area contributed by atoms with Crippen molar-refractivity contribution < 1.29 is 14.6 Å². The highest BCUT2D eigenvalue weighted by atomic mass is 16.7. The molecule has 0 aromatic heterocycles. The van der Waals surface area contributed by atoms with Crippen LogP contribution in [0.3, 0.4) is 0 Å². The summed E-state index contributed by atoms with van der Waals surface area (Å²) in [7, 11) is 0. The Morgan fingerprint density at radius 1 is 0.824 bits per heavy atom. The molecule has 0 amide bonds. The zero-order valence-electron chi connectivity index (χ0n) is 10.8. The zero-order valence-corrected chi connectivity index (χ0v) is 10.8. The lowest BCUT2D eigenvalue weighted by Gasteiger charge is -2.31. The average molecular weight is 242 g/mol. The summed E-state index contributed by atoms with van der Waals surface area (Å²) in [6.45, 7) is 0.787. The summed E-state index contributed by atoms with van der Waals surface area (Å²) in [5, 5.41) is 9.65. The van der Waals surface area contributed by atoms with E-state index in [-0.39, 0.29) is 6.10 Å². The third kappa shape index (κ3) is 4.57. The minimum absolute atomic E-state index is 0.296. The molecule has 2 fully saturated rings. The molecule has 2 unspecified atom stereocenters. The Bertz CT molecular complexity index is 200. The fourth-order valence-electron chi connectivity index (χ4n) is 3.07. The summed E-state index contributed by atoms with van der Waals surface area (Å²) in [6.07, 6.45) is 11.3. The molecular weight excluding hydrogens is 216 g/mol. The number of hydrogen-bond acceptors (Lipinski definition) is 3. The van der Waals surface area contributed by atoms with Gasteiger partial charge in [-0.05, 0) is 31.6 Å². The van der Waals surface area contributed by atoms with Crippen molar-refractivity contribution >= 4 is 0 Å². The molecule has 1 N–H and O–H groups in total. The molecule has 0 spiro atoms. The monoisotopic (exact) mass is 242 g/mol. The standard InChI is InChI=1S/C14H26O3/c15-13-8-9-14(17-11-16-10-13)12-6-4-2-1-3-5-7-12/h12-15H,1-11H2. The lowest BCUT2D eigenvalue weighted by molar-refractivity contribution is -0.144. The smallest absolute Gasteiger partial charge is 0.147 e. The van der Waals surface area contributed by atoms with E-state index in [2.05, 4.69) is 0 Å². The van der Waals surface area contributed by atoms with Crippen molar-refractivity contribution in [1.29, 1.82) is 0 Å². The normalized spacial score (nSPS) is 34.4. The van der Waals surface area contributed by atoms with Crippen LogP contribution in [-0.2, 0) is 9.47 Å². The minimum Gasteiger partial charge on any atom is -0.391 e. The summed E-state index contributed by atoms with van der Waals surface area (Å²) in [5.41, 5.74) is 0. The molecule has 2 rings (SSSR count). The highest BCUT2D eigenvalue weighted by Crippen LogP contribution is 2.29. The van der Waals surface area contributed by atoms with Gasteiger partial charge in [0.2, 0.25) is 0 Å². The van der Waals surface area contributed by atoms with Crippen LogP contribution >= 0.6 is 0 Å². The Balaban J connectivity index is 1.83. The molecule has 2 aliphatic rings. The van der Waals surface area contributed by atoms with Crippen LogP contribution in [0.4, 0.5) is 0 Å². The molecule has 1 aliphatic heterocycles. The number of aliphatic hydroxyl groups is 1. The molecule has 0 aromatic carbocycles. The van der Waals surface area contributed by atoms with Crippen molar-refractivity contribution in [3.05, 3.63) is 0 Å². The van der Waals surface area contributed by atoms with Crippen LogP contribution in [0.15, 0.2) is 0 Å². The van der Waals surface area contributed by atoms with Crippen LogP contribution in [0, 0.1) is 5.92 Å². The number of aliphatic hydroxyl groups excluding tert-OH is 1. The van der Waals surface area contributed by atoms with Gasteiger partial charge in [-0.25, -0.2) is 0 Å². The van der Waals surface area contributed by atoms with E-state index in [0.717, 1.165) is 12.8 Å². The van der Waals surface area contributed by atoms with E-state index < -0.39 is 0 Å². The van der Waals surface area contributed by atoms with Gasteiger partial charge in [0, 0.05) is 0 Å². The van der Waals surface area contributed by atoms with Crippen molar-refractivity contribution in [3.63, 3.8) is 0 Å². The van der Waals surface area contributed by atoms with E-state index in [9.17, 15) is 5.11 Å². The average Bonchev–Trinajstić information content (AvgIpc) is 2.25. The lowest BCUT2D eigenvalue weighted by Crippen LogP contribution is -2.31. The number of rotatable bonds is 1. The van der Waals surface area contributed by atoms with Crippen LogP contribution < -0.4 is 0 Å². The van der Waals surface area contributed by atoms with Gasteiger partial charge in [-0.15, -0.1) is 0 Å². The summed E-state index contributed by atoms with van der Waals surface area (Å²) in [5.74, 6) is 0.684. The second-order valence-electron chi connectivity index (χ2n) is 5.53. The third-order valence-corrected chi connectivity index (χ3v) is 4.14. The molecule has 100 valence electrons. The summed E-state index contributed by atoms with van der Waals surface area (Å²) in [6, 6.07) is 0. The molecule has 1 heterocycles. The highest BCUT2D eigenvalue weighted by Gasteiger charge is 2.25. The fraction of sp³-hybridized carbons (Fsp3) is 1.00. The van der Waals surface area contributed by atoms with E-state index in [1.165, 1.54) is 44.9 Å². The number of hydrogen-bond donors (Lipinski definition) is 1. The Hall–Kier alpha value is -0.120. The van der Waals surface area contributed by atoms with Crippen molar-refractivity contribution in [2.45, 2.75) is 70.0 Å². The van der Waals surface area contributed by atoms with Gasteiger partial charge in [0.1, 0.15) is 6.79 Å². The first-order chi connectivity index (χ1) is 8.36. The maximum Gasteiger partial charge on any atom is 0.147 e. The van der Waals surface area contributed by atoms with Crippen LogP contribution in [0.1, 0.15) is 57.8 Å². The minimum atomic E-state index is -0.296. The molecule has 0 radical (unpaired) electrons. The first-order valence-electron chi connectivity index (χ1n) is 7.23. The van der Waals surface area contributed by atoms with Gasteiger partial charge in [0.25, 0.3) is 0 Å². The van der Waals surface area contributed by atoms with E-state index >= 15 is 0 Å². The van der Waals surface area contributed by atoms with Gasteiger partial charge in [0.15, 0.2) is 0 Å². The van der Waals surface area contributed by atoms with Gasteiger partial charge in [0.05, 0.1) is 18.8 Å².